The molecule has 0 aromatic carbocycles. The molecule has 2 aromatic heterocycles. The summed E-state index contributed by atoms with van der Waals surface area (Å²) in [6.07, 6.45) is -0.694. The fourth-order valence-corrected chi connectivity index (χ4v) is 3.15. The predicted molar refractivity (Wildman–Crippen MR) is 87.3 cm³/mol. The summed E-state index contributed by atoms with van der Waals surface area (Å²) in [5.41, 5.74) is 0.912. The van der Waals surface area contributed by atoms with Crippen LogP contribution in [0.25, 0.3) is 10.2 Å². The SMILES string of the molecule is Cc1nn(C)c2sc(C(=O)NCC(O)COCC(C)C)cc12. The van der Waals surface area contributed by atoms with Crippen molar-refractivity contribution in [2.75, 3.05) is 19.8 Å². The summed E-state index contributed by atoms with van der Waals surface area (Å²) >= 11 is 1.40. The van der Waals surface area contributed by atoms with E-state index in [2.05, 4.69) is 10.4 Å². The molecule has 7 heteroatoms. The Balaban J connectivity index is 1.87. The lowest BCUT2D eigenvalue weighted by Gasteiger charge is -2.13. The molecule has 2 heterocycles. The first-order chi connectivity index (χ1) is 10.4. The summed E-state index contributed by atoms with van der Waals surface area (Å²) in [6.45, 7) is 7.04. The molecule has 0 bridgehead atoms. The Bertz CT molecular complexity index is 613. The van der Waals surface area contributed by atoms with Gasteiger partial charge in [0.2, 0.25) is 0 Å². The van der Waals surface area contributed by atoms with Crippen LogP contribution in [0.2, 0.25) is 0 Å². The molecule has 1 amide bonds. The van der Waals surface area contributed by atoms with Crippen molar-refractivity contribution in [3.8, 4) is 0 Å². The van der Waals surface area contributed by atoms with Crippen LogP contribution in [-0.4, -0.2) is 46.7 Å². The molecule has 1 atom stereocenters. The third-order valence-electron chi connectivity index (χ3n) is 3.18. The second kappa shape index (κ2) is 7.21. The fourth-order valence-electron chi connectivity index (χ4n) is 2.11. The molecule has 0 fully saturated rings. The van der Waals surface area contributed by atoms with Crippen LogP contribution in [0.15, 0.2) is 6.07 Å². The minimum absolute atomic E-state index is 0.177. The number of fused-ring (bicyclic) bond motifs is 1. The van der Waals surface area contributed by atoms with E-state index in [1.54, 1.807) is 4.68 Å². The molecule has 0 aliphatic carbocycles. The number of rotatable bonds is 7. The average Bonchev–Trinajstić information content (AvgIpc) is 2.98. The van der Waals surface area contributed by atoms with Gasteiger partial charge in [-0.25, -0.2) is 0 Å². The van der Waals surface area contributed by atoms with Gasteiger partial charge in [-0.15, -0.1) is 11.3 Å². The highest BCUT2D eigenvalue weighted by Gasteiger charge is 2.16. The van der Waals surface area contributed by atoms with Crippen molar-refractivity contribution in [3.05, 3.63) is 16.6 Å². The Morgan fingerprint density at radius 3 is 2.86 bits per heavy atom. The quantitative estimate of drug-likeness (QED) is 0.812. The first-order valence-electron chi connectivity index (χ1n) is 7.35. The molecular weight excluding hydrogens is 302 g/mol. The minimum Gasteiger partial charge on any atom is -0.389 e. The number of aryl methyl sites for hydroxylation is 2. The van der Waals surface area contributed by atoms with Crippen LogP contribution >= 0.6 is 11.3 Å². The van der Waals surface area contributed by atoms with Gasteiger partial charge < -0.3 is 15.2 Å². The Kier molecular flexibility index (Phi) is 5.55. The summed E-state index contributed by atoms with van der Waals surface area (Å²) in [5, 5.41) is 17.8. The van der Waals surface area contributed by atoms with Gasteiger partial charge in [-0.05, 0) is 18.9 Å². The van der Waals surface area contributed by atoms with Crippen molar-refractivity contribution in [2.45, 2.75) is 26.9 Å². The van der Waals surface area contributed by atoms with Crippen molar-refractivity contribution in [1.29, 1.82) is 0 Å². The second-order valence-corrected chi connectivity index (χ2v) is 6.86. The number of amides is 1. The Morgan fingerprint density at radius 1 is 1.50 bits per heavy atom. The minimum atomic E-state index is -0.694. The van der Waals surface area contributed by atoms with E-state index in [0.717, 1.165) is 15.9 Å². The molecule has 6 nitrogen and oxygen atoms in total. The summed E-state index contributed by atoms with van der Waals surface area (Å²) < 4.78 is 7.13. The molecule has 0 aliphatic rings. The predicted octanol–water partition coefficient (Wildman–Crippen LogP) is 1.71. The molecule has 0 radical (unpaired) electrons. The van der Waals surface area contributed by atoms with E-state index in [4.69, 9.17) is 4.74 Å². The van der Waals surface area contributed by atoms with E-state index in [1.165, 1.54) is 11.3 Å². The highest BCUT2D eigenvalue weighted by atomic mass is 32.1. The van der Waals surface area contributed by atoms with Crippen LogP contribution in [0, 0.1) is 12.8 Å². The third kappa shape index (κ3) is 4.06. The van der Waals surface area contributed by atoms with Gasteiger partial charge in [-0.3, -0.25) is 9.48 Å². The van der Waals surface area contributed by atoms with Gasteiger partial charge in [-0.2, -0.15) is 5.10 Å². The molecule has 0 saturated heterocycles. The van der Waals surface area contributed by atoms with Crippen LogP contribution in [0.1, 0.15) is 29.2 Å². The maximum atomic E-state index is 12.1. The number of carbonyl (C=O) groups is 1. The van der Waals surface area contributed by atoms with Crippen LogP contribution < -0.4 is 5.32 Å². The van der Waals surface area contributed by atoms with Gasteiger partial charge in [0.05, 0.1) is 23.3 Å². The molecule has 0 aliphatic heterocycles. The first-order valence-corrected chi connectivity index (χ1v) is 8.17. The number of ether oxygens (including phenoxy) is 1. The maximum absolute atomic E-state index is 12.1. The fraction of sp³-hybridized carbons (Fsp3) is 0.600. The lowest BCUT2D eigenvalue weighted by Crippen LogP contribution is -2.34. The Morgan fingerprint density at radius 2 is 2.23 bits per heavy atom. The zero-order valence-corrected chi connectivity index (χ0v) is 14.2. The van der Waals surface area contributed by atoms with Gasteiger partial charge in [-0.1, -0.05) is 13.8 Å². The maximum Gasteiger partial charge on any atom is 0.261 e. The number of thiophene rings is 1. The summed E-state index contributed by atoms with van der Waals surface area (Å²) in [4.78, 5) is 13.7. The van der Waals surface area contributed by atoms with E-state index < -0.39 is 6.10 Å². The van der Waals surface area contributed by atoms with Gasteiger partial charge in [0.25, 0.3) is 5.91 Å². The lowest BCUT2D eigenvalue weighted by molar-refractivity contribution is 0.0259. The molecule has 22 heavy (non-hydrogen) atoms. The highest BCUT2D eigenvalue weighted by molar-refractivity contribution is 7.20. The molecular formula is C15H23N3O3S. The smallest absolute Gasteiger partial charge is 0.261 e. The first kappa shape index (κ1) is 16.9. The van der Waals surface area contributed by atoms with Crippen molar-refractivity contribution in [1.82, 2.24) is 15.1 Å². The number of nitrogens with one attached hydrogen (secondary N) is 1. The van der Waals surface area contributed by atoms with Gasteiger partial charge >= 0.3 is 0 Å². The molecule has 0 saturated carbocycles. The van der Waals surface area contributed by atoms with Crippen LogP contribution in [0.5, 0.6) is 0 Å². The molecule has 0 spiro atoms. The third-order valence-corrected chi connectivity index (χ3v) is 4.38. The van der Waals surface area contributed by atoms with E-state index in [0.29, 0.717) is 17.4 Å². The largest absolute Gasteiger partial charge is 0.389 e. The topological polar surface area (TPSA) is 76.4 Å². The number of hydrogen-bond donors (Lipinski definition) is 2. The molecule has 2 N–H and O–H groups in total. The van der Waals surface area contributed by atoms with Crippen molar-refractivity contribution >= 4 is 27.5 Å². The van der Waals surface area contributed by atoms with Gasteiger partial charge in [0.1, 0.15) is 4.83 Å². The number of aliphatic hydroxyl groups is 1. The monoisotopic (exact) mass is 325 g/mol. The van der Waals surface area contributed by atoms with E-state index in [1.807, 2.05) is 33.9 Å². The Labute approximate surface area is 134 Å². The standard InChI is InChI=1S/C15H23N3O3S/c1-9(2)7-21-8-11(19)6-16-14(20)13-5-12-10(3)17-18(4)15(12)22-13/h5,9,11,19H,6-8H2,1-4H3,(H,16,20). The molecule has 122 valence electrons. The molecule has 2 rings (SSSR count). The zero-order valence-electron chi connectivity index (χ0n) is 13.4. The van der Waals surface area contributed by atoms with Gasteiger partial charge in [0, 0.05) is 25.6 Å². The second-order valence-electron chi connectivity index (χ2n) is 5.83. The lowest BCUT2D eigenvalue weighted by atomic mass is 10.2. The molecule has 1 unspecified atom stereocenters. The van der Waals surface area contributed by atoms with Crippen LogP contribution in [0.4, 0.5) is 0 Å². The zero-order chi connectivity index (χ0) is 16.3. The van der Waals surface area contributed by atoms with Crippen LogP contribution in [-0.2, 0) is 11.8 Å². The summed E-state index contributed by atoms with van der Waals surface area (Å²) in [6, 6.07) is 1.85. The summed E-state index contributed by atoms with van der Waals surface area (Å²) in [7, 11) is 1.86. The van der Waals surface area contributed by atoms with E-state index in [-0.39, 0.29) is 19.1 Å². The number of aromatic nitrogens is 2. The van der Waals surface area contributed by atoms with Crippen molar-refractivity contribution in [2.24, 2.45) is 13.0 Å². The summed E-state index contributed by atoms with van der Waals surface area (Å²) in [5.74, 6) is 0.251. The number of aliphatic hydroxyl groups excluding tert-OH is 1. The number of nitrogens with zero attached hydrogens (tertiary/aromatic N) is 2. The number of carbonyl (C=O) groups excluding carboxylic acids is 1. The number of hydrogen-bond acceptors (Lipinski definition) is 5. The van der Waals surface area contributed by atoms with Crippen molar-refractivity contribution < 1.29 is 14.6 Å². The normalized spacial score (nSPS) is 13.0. The highest BCUT2D eigenvalue weighted by Crippen LogP contribution is 2.27. The molecule has 2 aromatic rings. The Hall–Kier alpha value is -1.44. The van der Waals surface area contributed by atoms with Gasteiger partial charge in [0.15, 0.2) is 0 Å². The van der Waals surface area contributed by atoms with E-state index in [9.17, 15) is 9.90 Å². The van der Waals surface area contributed by atoms with Crippen molar-refractivity contribution in [3.63, 3.8) is 0 Å². The van der Waals surface area contributed by atoms with Crippen LogP contribution in [0.3, 0.4) is 0 Å². The average molecular weight is 325 g/mol. The van der Waals surface area contributed by atoms with E-state index >= 15 is 0 Å².